The molecule has 0 atom stereocenters. The summed E-state index contributed by atoms with van der Waals surface area (Å²) in [5, 5.41) is 6.43. The third kappa shape index (κ3) is 7.12. The molecule has 0 spiro atoms. The van der Waals surface area contributed by atoms with E-state index in [-0.39, 0.29) is 39.6 Å². The van der Waals surface area contributed by atoms with Gasteiger partial charge in [-0.15, -0.1) is 0 Å². The molecule has 40 heavy (non-hydrogen) atoms. The number of anilines is 5. The van der Waals surface area contributed by atoms with Crippen molar-refractivity contribution in [3.8, 4) is 5.75 Å². The monoisotopic (exact) mass is 587 g/mol. The predicted molar refractivity (Wildman–Crippen MR) is 157 cm³/mol. The number of aromatic nitrogens is 2. The van der Waals surface area contributed by atoms with Gasteiger partial charge in [-0.25, -0.2) is 18.1 Å². The molecule has 0 bridgehead atoms. The van der Waals surface area contributed by atoms with E-state index in [2.05, 4.69) is 30.2 Å². The molecule has 2 aromatic carbocycles. The van der Waals surface area contributed by atoms with Gasteiger partial charge in [0, 0.05) is 36.8 Å². The number of hydrogen-bond donors (Lipinski definition) is 4. The Kier molecular flexibility index (Phi) is 9.33. The maximum absolute atomic E-state index is 12.9. The lowest BCUT2D eigenvalue weighted by Crippen LogP contribution is -2.38. The van der Waals surface area contributed by atoms with E-state index >= 15 is 0 Å². The van der Waals surface area contributed by atoms with Crippen LogP contribution in [-0.2, 0) is 14.8 Å². The molecule has 1 aromatic heterocycles. The highest BCUT2D eigenvalue weighted by molar-refractivity contribution is 7.89. The number of halogens is 1. The number of nitrogens with zero attached hydrogens (tertiary/aromatic N) is 3. The van der Waals surface area contributed by atoms with Crippen molar-refractivity contribution in [2.45, 2.75) is 44.6 Å². The zero-order chi connectivity index (χ0) is 28.9. The number of hydrogen-bond acceptors (Lipinski definition) is 9. The fourth-order valence-electron chi connectivity index (χ4n) is 4.45. The highest BCUT2D eigenvalue weighted by Crippen LogP contribution is 2.34. The first-order valence-corrected chi connectivity index (χ1v) is 14.9. The van der Waals surface area contributed by atoms with Crippen LogP contribution in [0.25, 0.3) is 0 Å². The Hall–Kier alpha value is -3.61. The van der Waals surface area contributed by atoms with Crippen molar-refractivity contribution in [2.75, 3.05) is 35.2 Å². The van der Waals surface area contributed by atoms with Crippen molar-refractivity contribution in [3.63, 3.8) is 0 Å². The summed E-state index contributed by atoms with van der Waals surface area (Å²) in [5.41, 5.74) is 7.42. The molecular weight excluding hydrogens is 554 g/mol. The summed E-state index contributed by atoms with van der Waals surface area (Å²) < 4.78 is 34.2. The van der Waals surface area contributed by atoms with E-state index in [1.54, 1.807) is 32.0 Å². The molecule has 1 aliphatic rings. The normalized spacial score (nSPS) is 14.3. The molecule has 214 valence electrons. The lowest BCUT2D eigenvalue weighted by molar-refractivity contribution is -0.122. The van der Waals surface area contributed by atoms with Gasteiger partial charge in [-0.2, -0.15) is 4.98 Å². The number of nitrogens with two attached hydrogens (primary N) is 1. The van der Waals surface area contributed by atoms with Gasteiger partial charge in [-0.1, -0.05) is 23.7 Å². The van der Waals surface area contributed by atoms with Crippen LogP contribution in [0.4, 0.5) is 28.8 Å². The van der Waals surface area contributed by atoms with E-state index in [1.807, 2.05) is 25.1 Å². The highest BCUT2D eigenvalue weighted by Gasteiger charge is 2.24. The second-order valence-corrected chi connectivity index (χ2v) is 11.8. The van der Waals surface area contributed by atoms with Crippen LogP contribution in [-0.4, -0.2) is 50.0 Å². The number of amides is 1. The third-order valence-corrected chi connectivity index (χ3v) is 8.33. The number of ether oxygens (including phenoxy) is 1. The summed E-state index contributed by atoms with van der Waals surface area (Å²) in [7, 11) is -3.77. The van der Waals surface area contributed by atoms with E-state index in [4.69, 9.17) is 22.1 Å². The fourth-order valence-corrected chi connectivity index (χ4v) is 6.00. The maximum Gasteiger partial charge on any atom is 0.242 e. The van der Waals surface area contributed by atoms with Gasteiger partial charge in [0.05, 0.1) is 24.2 Å². The number of piperidine rings is 1. The van der Waals surface area contributed by atoms with Crippen LogP contribution in [0.5, 0.6) is 5.75 Å². The Morgan fingerprint density at radius 1 is 1.15 bits per heavy atom. The highest BCUT2D eigenvalue weighted by atomic mass is 35.5. The van der Waals surface area contributed by atoms with Crippen LogP contribution in [0.3, 0.4) is 0 Å². The lowest BCUT2D eigenvalue weighted by atomic mass is 9.96. The SMILES string of the molecule is CCOc1cc(N2CCC(C(N)=O)CC2)ccc1Nc1ncc(Cl)c(Nc2ccccc2S(=O)(=O)NC(C)C)n1. The molecule has 0 saturated carbocycles. The fraction of sp³-hybridized carbons (Fsp3) is 0.370. The summed E-state index contributed by atoms with van der Waals surface area (Å²) in [6.07, 6.45) is 2.86. The molecule has 0 unspecified atom stereocenters. The van der Waals surface area contributed by atoms with E-state index < -0.39 is 10.0 Å². The van der Waals surface area contributed by atoms with Crippen molar-refractivity contribution < 1.29 is 17.9 Å². The molecule has 13 heteroatoms. The number of benzene rings is 2. The quantitative estimate of drug-likeness (QED) is 0.256. The molecule has 1 saturated heterocycles. The Labute approximate surface area is 239 Å². The molecule has 3 aromatic rings. The van der Waals surface area contributed by atoms with Crippen molar-refractivity contribution in [1.82, 2.24) is 14.7 Å². The molecule has 1 aliphatic heterocycles. The first-order chi connectivity index (χ1) is 19.1. The van der Waals surface area contributed by atoms with E-state index in [9.17, 15) is 13.2 Å². The number of sulfonamides is 1. The van der Waals surface area contributed by atoms with Crippen molar-refractivity contribution in [3.05, 3.63) is 53.7 Å². The van der Waals surface area contributed by atoms with Crippen LogP contribution in [0.2, 0.25) is 5.02 Å². The molecule has 1 fully saturated rings. The first kappa shape index (κ1) is 29.4. The summed E-state index contributed by atoms with van der Waals surface area (Å²) in [5.74, 6) is 0.749. The molecule has 2 heterocycles. The number of para-hydroxylation sites is 1. The largest absolute Gasteiger partial charge is 0.492 e. The Balaban J connectivity index is 1.56. The number of carbonyl (C=O) groups excluding carboxylic acids is 1. The second kappa shape index (κ2) is 12.7. The summed E-state index contributed by atoms with van der Waals surface area (Å²) in [6, 6.07) is 12.0. The van der Waals surface area contributed by atoms with Gasteiger partial charge < -0.3 is 26.0 Å². The average molecular weight is 588 g/mol. The lowest BCUT2D eigenvalue weighted by Gasteiger charge is -2.32. The smallest absolute Gasteiger partial charge is 0.242 e. The minimum Gasteiger partial charge on any atom is -0.492 e. The molecule has 0 aliphatic carbocycles. The first-order valence-electron chi connectivity index (χ1n) is 13.1. The van der Waals surface area contributed by atoms with Gasteiger partial charge in [0.25, 0.3) is 0 Å². The zero-order valence-corrected chi connectivity index (χ0v) is 24.2. The number of rotatable bonds is 11. The van der Waals surface area contributed by atoms with Gasteiger partial charge in [0.15, 0.2) is 5.82 Å². The summed E-state index contributed by atoms with van der Waals surface area (Å²) >= 11 is 6.38. The van der Waals surface area contributed by atoms with Gasteiger partial charge in [-0.3, -0.25) is 4.79 Å². The Bertz CT molecular complexity index is 1460. The van der Waals surface area contributed by atoms with E-state index in [1.165, 1.54) is 12.3 Å². The molecular formula is C27H34ClN7O4S. The average Bonchev–Trinajstić information content (AvgIpc) is 2.91. The Morgan fingerprint density at radius 2 is 1.88 bits per heavy atom. The number of nitrogens with one attached hydrogen (secondary N) is 3. The van der Waals surface area contributed by atoms with Crippen LogP contribution in [0.15, 0.2) is 53.6 Å². The Morgan fingerprint density at radius 3 is 2.55 bits per heavy atom. The topological polar surface area (TPSA) is 152 Å². The van der Waals surface area contributed by atoms with Gasteiger partial charge in [0.1, 0.15) is 15.7 Å². The summed E-state index contributed by atoms with van der Waals surface area (Å²) in [6.45, 7) is 7.31. The minimum atomic E-state index is -3.77. The summed E-state index contributed by atoms with van der Waals surface area (Å²) in [4.78, 5) is 22.6. The molecule has 0 radical (unpaired) electrons. The van der Waals surface area contributed by atoms with Crippen LogP contribution in [0.1, 0.15) is 33.6 Å². The van der Waals surface area contributed by atoms with E-state index in [0.717, 1.165) is 18.8 Å². The van der Waals surface area contributed by atoms with Crippen LogP contribution < -0.4 is 30.7 Å². The maximum atomic E-state index is 12.9. The zero-order valence-electron chi connectivity index (χ0n) is 22.6. The van der Waals surface area contributed by atoms with Gasteiger partial charge in [0.2, 0.25) is 21.9 Å². The van der Waals surface area contributed by atoms with Crippen molar-refractivity contribution in [1.29, 1.82) is 0 Å². The molecule has 11 nitrogen and oxygen atoms in total. The third-order valence-electron chi connectivity index (χ3n) is 6.34. The van der Waals surface area contributed by atoms with Crippen molar-refractivity contribution in [2.24, 2.45) is 11.7 Å². The number of primary amides is 1. The second-order valence-electron chi connectivity index (χ2n) is 9.69. The standard InChI is InChI=1S/C27H34ClN7O4S/c1-4-39-23-15-19(35-13-11-18(12-14-35)25(29)36)9-10-21(23)32-27-30-16-20(28)26(33-27)31-22-7-5-6-8-24(22)40(37,38)34-17(2)3/h5-10,15-18,34H,4,11-14H2,1-3H3,(H2,29,36)(H2,30,31,32,33). The van der Waals surface area contributed by atoms with Gasteiger partial charge in [-0.05, 0) is 57.9 Å². The molecule has 4 rings (SSSR count). The predicted octanol–water partition coefficient (Wildman–Crippen LogP) is 4.40. The van der Waals surface area contributed by atoms with Gasteiger partial charge >= 0.3 is 0 Å². The number of carbonyl (C=O) groups is 1. The minimum absolute atomic E-state index is 0.0713. The molecule has 5 N–H and O–H groups in total. The van der Waals surface area contributed by atoms with Crippen LogP contribution in [0, 0.1) is 5.92 Å². The van der Waals surface area contributed by atoms with Crippen LogP contribution >= 0.6 is 11.6 Å². The molecule has 1 amide bonds. The van der Waals surface area contributed by atoms with Crippen molar-refractivity contribution >= 4 is 56.4 Å². The van der Waals surface area contributed by atoms with E-state index in [0.29, 0.717) is 36.6 Å².